The molecule has 17 heavy (non-hydrogen) atoms. The van der Waals surface area contributed by atoms with Gasteiger partial charge < -0.3 is 5.73 Å². The molecule has 0 fully saturated rings. The molecule has 0 saturated heterocycles. The van der Waals surface area contributed by atoms with Crippen LogP contribution in [0.3, 0.4) is 0 Å². The molecule has 0 saturated carbocycles. The molecule has 0 amide bonds. The lowest BCUT2D eigenvalue weighted by molar-refractivity contribution is 0.648. The second-order valence-corrected chi connectivity index (χ2v) is 6.06. The molecule has 92 valence electrons. The van der Waals surface area contributed by atoms with E-state index in [1.165, 1.54) is 45.8 Å². The van der Waals surface area contributed by atoms with E-state index in [0.29, 0.717) is 0 Å². The highest BCUT2D eigenvalue weighted by Gasteiger charge is 2.05. The van der Waals surface area contributed by atoms with Gasteiger partial charge in [0.1, 0.15) is 0 Å². The van der Waals surface area contributed by atoms with Crippen LogP contribution in [0.5, 0.6) is 0 Å². The van der Waals surface area contributed by atoms with E-state index in [2.05, 4.69) is 39.5 Å². The minimum atomic E-state index is 0.828. The van der Waals surface area contributed by atoms with Gasteiger partial charge >= 0.3 is 0 Å². The van der Waals surface area contributed by atoms with E-state index >= 15 is 0 Å². The lowest BCUT2D eigenvalue weighted by Crippen LogP contribution is -1.97. The number of fused-ring (bicyclic) bond motifs is 1. The van der Waals surface area contributed by atoms with E-state index in [1.54, 1.807) is 0 Å². The highest BCUT2D eigenvalue weighted by Crippen LogP contribution is 2.32. The van der Waals surface area contributed by atoms with Gasteiger partial charge in [-0.2, -0.15) is 0 Å². The third kappa shape index (κ3) is 3.30. The van der Waals surface area contributed by atoms with Crippen LogP contribution in [0.4, 0.5) is 0 Å². The summed E-state index contributed by atoms with van der Waals surface area (Å²) in [6, 6.07) is 6.47. The minimum Gasteiger partial charge on any atom is -0.330 e. The van der Waals surface area contributed by atoms with Crippen molar-refractivity contribution in [2.75, 3.05) is 6.54 Å². The molecule has 0 aliphatic rings. The molecule has 0 aliphatic carbocycles. The molecule has 0 unspecified atom stereocenters. The van der Waals surface area contributed by atoms with E-state index in [4.69, 9.17) is 5.73 Å². The molecule has 0 spiro atoms. The zero-order valence-electron chi connectivity index (χ0n) is 9.92. The predicted octanol–water partition coefficient (Wildman–Crippen LogP) is 4.73. The topological polar surface area (TPSA) is 26.0 Å². The standard InChI is InChI=1S/C14H18BrNS/c15-13-8-5-7-12-11(10-17-14(12)13)6-3-1-2-4-9-16/h5,7-8,10H,1-4,6,9,16H2. The zero-order chi connectivity index (χ0) is 12.1. The molecular formula is C14H18BrNS. The Labute approximate surface area is 115 Å². The predicted molar refractivity (Wildman–Crippen MR) is 80.8 cm³/mol. The van der Waals surface area contributed by atoms with Crippen molar-refractivity contribution < 1.29 is 0 Å². The molecular weight excluding hydrogens is 294 g/mol. The second kappa shape index (κ2) is 6.53. The number of hydrogen-bond donors (Lipinski definition) is 1. The summed E-state index contributed by atoms with van der Waals surface area (Å²) in [5.74, 6) is 0. The van der Waals surface area contributed by atoms with E-state index in [1.807, 2.05) is 11.3 Å². The average Bonchev–Trinajstić information content (AvgIpc) is 2.74. The Hall–Kier alpha value is -0.380. The highest BCUT2D eigenvalue weighted by atomic mass is 79.9. The molecule has 2 rings (SSSR count). The molecule has 1 heterocycles. The van der Waals surface area contributed by atoms with Crippen LogP contribution in [0.15, 0.2) is 28.1 Å². The van der Waals surface area contributed by atoms with Crippen LogP contribution in [0, 0.1) is 0 Å². The number of halogens is 1. The Balaban J connectivity index is 1.97. The maximum atomic E-state index is 5.49. The monoisotopic (exact) mass is 311 g/mol. The molecule has 0 radical (unpaired) electrons. The number of nitrogens with two attached hydrogens (primary N) is 1. The molecule has 0 aliphatic heterocycles. The van der Waals surface area contributed by atoms with Crippen molar-refractivity contribution in [3.8, 4) is 0 Å². The highest BCUT2D eigenvalue weighted by molar-refractivity contribution is 9.10. The summed E-state index contributed by atoms with van der Waals surface area (Å²) < 4.78 is 2.60. The summed E-state index contributed by atoms with van der Waals surface area (Å²) in [6.45, 7) is 0.828. The number of aryl methyl sites for hydroxylation is 1. The molecule has 2 N–H and O–H groups in total. The van der Waals surface area contributed by atoms with Gasteiger partial charge in [-0.15, -0.1) is 11.3 Å². The minimum absolute atomic E-state index is 0.828. The van der Waals surface area contributed by atoms with Crippen molar-refractivity contribution in [2.45, 2.75) is 32.1 Å². The van der Waals surface area contributed by atoms with Crippen molar-refractivity contribution in [3.63, 3.8) is 0 Å². The number of unbranched alkanes of at least 4 members (excludes halogenated alkanes) is 3. The van der Waals surface area contributed by atoms with Gasteiger partial charge in [0.25, 0.3) is 0 Å². The van der Waals surface area contributed by atoms with Crippen molar-refractivity contribution in [2.24, 2.45) is 5.73 Å². The van der Waals surface area contributed by atoms with Gasteiger partial charge in [-0.25, -0.2) is 0 Å². The van der Waals surface area contributed by atoms with Gasteiger partial charge in [0, 0.05) is 9.17 Å². The summed E-state index contributed by atoms with van der Waals surface area (Å²) in [5, 5.41) is 3.72. The van der Waals surface area contributed by atoms with Crippen molar-refractivity contribution in [3.05, 3.63) is 33.6 Å². The summed E-state index contributed by atoms with van der Waals surface area (Å²) >= 11 is 5.45. The molecule has 2 aromatic rings. The molecule has 3 heteroatoms. The first-order chi connectivity index (χ1) is 8.33. The maximum Gasteiger partial charge on any atom is 0.0487 e. The van der Waals surface area contributed by atoms with Crippen molar-refractivity contribution in [1.82, 2.24) is 0 Å². The third-order valence-electron chi connectivity index (χ3n) is 3.03. The Morgan fingerprint density at radius 3 is 2.76 bits per heavy atom. The lowest BCUT2D eigenvalue weighted by atomic mass is 10.1. The van der Waals surface area contributed by atoms with E-state index in [9.17, 15) is 0 Å². The largest absolute Gasteiger partial charge is 0.330 e. The second-order valence-electron chi connectivity index (χ2n) is 4.33. The van der Waals surface area contributed by atoms with Crippen LogP contribution in [0.1, 0.15) is 31.2 Å². The maximum absolute atomic E-state index is 5.49. The smallest absolute Gasteiger partial charge is 0.0487 e. The summed E-state index contributed by atoms with van der Waals surface area (Å²) in [7, 11) is 0. The molecule has 1 nitrogen and oxygen atoms in total. The summed E-state index contributed by atoms with van der Waals surface area (Å²) in [4.78, 5) is 0. The Morgan fingerprint density at radius 2 is 1.94 bits per heavy atom. The van der Waals surface area contributed by atoms with Gasteiger partial charge in [0.15, 0.2) is 0 Å². The van der Waals surface area contributed by atoms with Gasteiger partial charge in [-0.3, -0.25) is 0 Å². The first-order valence-corrected chi connectivity index (χ1v) is 7.85. The van der Waals surface area contributed by atoms with E-state index in [-0.39, 0.29) is 0 Å². The van der Waals surface area contributed by atoms with Crippen LogP contribution in [0.2, 0.25) is 0 Å². The molecule has 0 bridgehead atoms. The van der Waals surface area contributed by atoms with Crippen LogP contribution in [-0.4, -0.2) is 6.54 Å². The van der Waals surface area contributed by atoms with E-state index < -0.39 is 0 Å². The number of thiophene rings is 1. The fourth-order valence-corrected chi connectivity index (χ4v) is 3.74. The number of hydrogen-bond acceptors (Lipinski definition) is 2. The van der Waals surface area contributed by atoms with Gasteiger partial charge in [-0.05, 0) is 64.1 Å². The first-order valence-electron chi connectivity index (χ1n) is 6.17. The Morgan fingerprint density at radius 1 is 1.12 bits per heavy atom. The van der Waals surface area contributed by atoms with Crippen molar-refractivity contribution >= 4 is 37.4 Å². The third-order valence-corrected chi connectivity index (χ3v) is 5.03. The zero-order valence-corrected chi connectivity index (χ0v) is 12.3. The van der Waals surface area contributed by atoms with Crippen molar-refractivity contribution in [1.29, 1.82) is 0 Å². The lowest BCUT2D eigenvalue weighted by Gasteiger charge is -2.00. The number of rotatable bonds is 6. The van der Waals surface area contributed by atoms with Gasteiger partial charge in [0.05, 0.1) is 0 Å². The molecule has 0 atom stereocenters. The van der Waals surface area contributed by atoms with E-state index in [0.717, 1.165) is 13.0 Å². The SMILES string of the molecule is NCCCCCCc1csc2c(Br)cccc12. The fourth-order valence-electron chi connectivity index (χ4n) is 2.08. The molecule has 1 aromatic heterocycles. The average molecular weight is 312 g/mol. The summed E-state index contributed by atoms with van der Waals surface area (Å²) in [6.07, 6.45) is 6.19. The normalized spacial score (nSPS) is 11.2. The first kappa shape index (κ1) is 13.1. The van der Waals surface area contributed by atoms with Crippen LogP contribution in [0.25, 0.3) is 10.1 Å². The summed E-state index contributed by atoms with van der Waals surface area (Å²) in [5.41, 5.74) is 6.99. The van der Waals surface area contributed by atoms with Crippen LogP contribution < -0.4 is 5.73 Å². The fraction of sp³-hybridized carbons (Fsp3) is 0.429. The Kier molecular flexibility index (Phi) is 5.01. The van der Waals surface area contributed by atoms with Gasteiger partial charge in [0.2, 0.25) is 0 Å². The van der Waals surface area contributed by atoms with Gasteiger partial charge in [-0.1, -0.05) is 25.0 Å². The van der Waals surface area contributed by atoms with Crippen LogP contribution >= 0.6 is 27.3 Å². The molecule has 1 aromatic carbocycles. The number of benzene rings is 1. The quantitative estimate of drug-likeness (QED) is 0.767. The van der Waals surface area contributed by atoms with Crippen LogP contribution in [-0.2, 0) is 6.42 Å². The Bertz CT molecular complexity index is 478.